The number of carboxylic acid groups (broad SMARTS) is 1. The van der Waals surface area contributed by atoms with Gasteiger partial charge in [-0.1, -0.05) is 0 Å². The van der Waals surface area contributed by atoms with E-state index in [1.54, 1.807) is 0 Å². The average Bonchev–Trinajstić information content (AvgIpc) is 2.21. The molecule has 0 fully saturated rings. The first-order valence-corrected chi connectivity index (χ1v) is 4.74. The minimum Gasteiger partial charge on any atom is -0.504 e. The number of benzene rings is 1. The minimum atomic E-state index is -4.86. The van der Waals surface area contributed by atoms with Crippen molar-refractivity contribution in [2.45, 2.75) is 12.1 Å². The molecule has 100 valence electrons. The summed E-state index contributed by atoms with van der Waals surface area (Å²) in [6.07, 6.45) is -4.86. The zero-order chi connectivity index (χ0) is 14.1. The van der Waals surface area contributed by atoms with Crippen LogP contribution >= 0.6 is 0 Å². The maximum Gasteiger partial charge on any atom is 0.416 e. The van der Waals surface area contributed by atoms with Crippen molar-refractivity contribution in [1.29, 1.82) is 0 Å². The Morgan fingerprint density at radius 1 is 1.28 bits per heavy atom. The second-order valence-corrected chi connectivity index (χ2v) is 3.55. The summed E-state index contributed by atoms with van der Waals surface area (Å²) in [7, 11) is 0. The Bertz CT molecular complexity index is 473. The topological polar surface area (TPSA) is 104 Å². The third-order valence-corrected chi connectivity index (χ3v) is 2.36. The molecule has 1 aromatic carbocycles. The van der Waals surface area contributed by atoms with Crippen LogP contribution in [0.25, 0.3) is 0 Å². The molecule has 18 heavy (non-hydrogen) atoms. The van der Waals surface area contributed by atoms with Gasteiger partial charge in [-0.05, 0) is 17.7 Å². The van der Waals surface area contributed by atoms with Crippen molar-refractivity contribution in [1.82, 2.24) is 0 Å². The number of hydrogen-bond acceptors (Lipinski definition) is 4. The van der Waals surface area contributed by atoms with Gasteiger partial charge in [0, 0.05) is 6.54 Å². The number of rotatable bonds is 3. The molecule has 0 heterocycles. The molecular formula is C10H10F3NO4. The van der Waals surface area contributed by atoms with E-state index in [9.17, 15) is 18.0 Å². The maximum absolute atomic E-state index is 12.7. The van der Waals surface area contributed by atoms with Crippen LogP contribution in [-0.4, -0.2) is 27.8 Å². The molecule has 8 heteroatoms. The van der Waals surface area contributed by atoms with E-state index < -0.39 is 47.2 Å². The van der Waals surface area contributed by atoms with Gasteiger partial charge in [0.1, 0.15) is 0 Å². The Balaban J connectivity index is 3.50. The van der Waals surface area contributed by atoms with Crippen molar-refractivity contribution in [2.75, 3.05) is 6.54 Å². The normalized spacial score (nSPS) is 13.3. The molecule has 0 amide bonds. The van der Waals surface area contributed by atoms with Crippen molar-refractivity contribution in [3.05, 3.63) is 23.3 Å². The SMILES string of the molecule is NCC(C(=O)O)c1cc(O)c(O)cc1C(F)(F)F. The fraction of sp³-hybridized carbons (Fsp3) is 0.300. The van der Waals surface area contributed by atoms with Gasteiger partial charge < -0.3 is 21.1 Å². The Morgan fingerprint density at radius 3 is 2.17 bits per heavy atom. The summed E-state index contributed by atoms with van der Waals surface area (Å²) < 4.78 is 38.1. The number of alkyl halides is 3. The van der Waals surface area contributed by atoms with Crippen LogP contribution in [0.5, 0.6) is 11.5 Å². The van der Waals surface area contributed by atoms with E-state index in [0.29, 0.717) is 6.07 Å². The Hall–Kier alpha value is -1.96. The fourth-order valence-electron chi connectivity index (χ4n) is 1.49. The van der Waals surface area contributed by atoms with E-state index in [1.807, 2.05) is 0 Å². The third-order valence-electron chi connectivity index (χ3n) is 2.36. The summed E-state index contributed by atoms with van der Waals surface area (Å²) in [5, 5.41) is 27.0. The number of phenolic OH excluding ortho intramolecular Hbond substituents is 2. The highest BCUT2D eigenvalue weighted by atomic mass is 19.4. The monoisotopic (exact) mass is 265 g/mol. The lowest BCUT2D eigenvalue weighted by Gasteiger charge is -2.18. The Labute approximate surface area is 99.3 Å². The molecule has 1 unspecified atom stereocenters. The van der Waals surface area contributed by atoms with Crippen LogP contribution in [0, 0.1) is 0 Å². The summed E-state index contributed by atoms with van der Waals surface area (Å²) in [4.78, 5) is 10.8. The van der Waals surface area contributed by atoms with E-state index in [0.717, 1.165) is 0 Å². The number of carbonyl (C=O) groups is 1. The zero-order valence-electron chi connectivity index (χ0n) is 8.90. The van der Waals surface area contributed by atoms with Crippen molar-refractivity contribution in [3.63, 3.8) is 0 Å². The zero-order valence-corrected chi connectivity index (χ0v) is 8.90. The lowest BCUT2D eigenvalue weighted by atomic mass is 9.93. The van der Waals surface area contributed by atoms with Crippen molar-refractivity contribution in [2.24, 2.45) is 5.73 Å². The van der Waals surface area contributed by atoms with Gasteiger partial charge in [0.25, 0.3) is 0 Å². The molecule has 0 aliphatic rings. The van der Waals surface area contributed by atoms with Crippen LogP contribution in [0.2, 0.25) is 0 Å². The van der Waals surface area contributed by atoms with Crippen LogP contribution < -0.4 is 5.73 Å². The van der Waals surface area contributed by atoms with Gasteiger partial charge in [0.05, 0.1) is 11.5 Å². The summed E-state index contributed by atoms with van der Waals surface area (Å²) >= 11 is 0. The number of halogens is 3. The molecule has 1 aromatic rings. The molecule has 0 saturated heterocycles. The van der Waals surface area contributed by atoms with Crippen molar-refractivity contribution in [3.8, 4) is 11.5 Å². The molecule has 0 aliphatic heterocycles. The highest BCUT2D eigenvalue weighted by molar-refractivity contribution is 5.77. The van der Waals surface area contributed by atoms with Gasteiger partial charge in [0.2, 0.25) is 0 Å². The van der Waals surface area contributed by atoms with Crippen LogP contribution in [-0.2, 0) is 11.0 Å². The van der Waals surface area contributed by atoms with Crippen molar-refractivity contribution < 1.29 is 33.3 Å². The predicted molar refractivity (Wildman–Crippen MR) is 54.2 cm³/mol. The van der Waals surface area contributed by atoms with E-state index in [-0.39, 0.29) is 6.07 Å². The lowest BCUT2D eigenvalue weighted by molar-refractivity contribution is -0.141. The molecular weight excluding hydrogens is 255 g/mol. The van der Waals surface area contributed by atoms with E-state index in [1.165, 1.54) is 0 Å². The van der Waals surface area contributed by atoms with Crippen LogP contribution in [0.3, 0.4) is 0 Å². The van der Waals surface area contributed by atoms with Gasteiger partial charge >= 0.3 is 12.1 Å². The number of carboxylic acids is 1. The first-order chi connectivity index (χ1) is 8.18. The highest BCUT2D eigenvalue weighted by Gasteiger charge is 2.37. The first-order valence-electron chi connectivity index (χ1n) is 4.74. The van der Waals surface area contributed by atoms with E-state index >= 15 is 0 Å². The number of nitrogens with two attached hydrogens (primary N) is 1. The summed E-state index contributed by atoms with van der Waals surface area (Å²) in [6, 6.07) is 0.833. The summed E-state index contributed by atoms with van der Waals surface area (Å²) in [5.74, 6) is -4.98. The predicted octanol–water partition coefficient (Wildman–Crippen LogP) is 1.24. The summed E-state index contributed by atoms with van der Waals surface area (Å²) in [5.41, 5.74) is 3.09. The minimum absolute atomic E-state index is 0.274. The van der Waals surface area contributed by atoms with E-state index in [2.05, 4.69) is 0 Å². The van der Waals surface area contributed by atoms with Gasteiger partial charge in [-0.25, -0.2) is 0 Å². The van der Waals surface area contributed by atoms with Crippen LogP contribution in [0.4, 0.5) is 13.2 Å². The van der Waals surface area contributed by atoms with Gasteiger partial charge in [-0.2, -0.15) is 13.2 Å². The molecule has 0 aromatic heterocycles. The number of hydrogen-bond donors (Lipinski definition) is 4. The largest absolute Gasteiger partial charge is 0.504 e. The van der Waals surface area contributed by atoms with Crippen LogP contribution in [0.15, 0.2) is 12.1 Å². The molecule has 0 bridgehead atoms. The maximum atomic E-state index is 12.7. The average molecular weight is 265 g/mol. The summed E-state index contributed by atoms with van der Waals surface area (Å²) in [6.45, 7) is -0.567. The molecule has 1 atom stereocenters. The molecule has 5 nitrogen and oxygen atoms in total. The second-order valence-electron chi connectivity index (χ2n) is 3.55. The smallest absolute Gasteiger partial charge is 0.416 e. The van der Waals surface area contributed by atoms with Gasteiger partial charge in [-0.3, -0.25) is 4.79 Å². The number of phenols is 2. The molecule has 0 spiro atoms. The Morgan fingerprint density at radius 2 is 1.78 bits per heavy atom. The molecule has 0 saturated carbocycles. The van der Waals surface area contributed by atoms with E-state index in [4.69, 9.17) is 21.1 Å². The lowest BCUT2D eigenvalue weighted by Crippen LogP contribution is -2.24. The number of aliphatic carboxylic acids is 1. The molecule has 1 rings (SSSR count). The fourth-order valence-corrected chi connectivity index (χ4v) is 1.49. The van der Waals surface area contributed by atoms with Gasteiger partial charge in [-0.15, -0.1) is 0 Å². The number of aromatic hydroxyl groups is 2. The Kier molecular flexibility index (Phi) is 3.70. The highest BCUT2D eigenvalue weighted by Crippen LogP contribution is 2.40. The third kappa shape index (κ3) is 2.65. The standard InChI is InChI=1S/C10H10F3NO4/c11-10(12,13)6-2-8(16)7(15)1-4(6)5(3-14)9(17)18/h1-2,5,15-16H,3,14H2,(H,17,18). The van der Waals surface area contributed by atoms with Gasteiger partial charge in [0.15, 0.2) is 11.5 Å². The first kappa shape index (κ1) is 14.1. The molecule has 0 radical (unpaired) electrons. The molecule has 5 N–H and O–H groups in total. The second kappa shape index (κ2) is 4.73. The quantitative estimate of drug-likeness (QED) is 0.616. The molecule has 0 aliphatic carbocycles. The van der Waals surface area contributed by atoms with Crippen LogP contribution in [0.1, 0.15) is 17.0 Å². The van der Waals surface area contributed by atoms with Crippen molar-refractivity contribution >= 4 is 5.97 Å².